The number of hydrogen-bond donors (Lipinski definition) is 3. The van der Waals surface area contributed by atoms with Gasteiger partial charge < -0.3 is 15.6 Å². The van der Waals surface area contributed by atoms with Gasteiger partial charge in [-0.3, -0.25) is 4.79 Å². The summed E-state index contributed by atoms with van der Waals surface area (Å²) >= 11 is 0. The van der Waals surface area contributed by atoms with Crippen molar-refractivity contribution < 1.29 is 18.0 Å². The van der Waals surface area contributed by atoms with Gasteiger partial charge in [-0.15, -0.1) is 0 Å². The van der Waals surface area contributed by atoms with Crippen LogP contribution in [-0.2, 0) is 11.0 Å². The second-order valence-corrected chi connectivity index (χ2v) is 6.59. The van der Waals surface area contributed by atoms with Crippen LogP contribution in [0, 0.1) is 0 Å². The van der Waals surface area contributed by atoms with E-state index in [0.29, 0.717) is 11.5 Å². The molecule has 2 aromatic carbocycles. The van der Waals surface area contributed by atoms with Gasteiger partial charge in [-0.05, 0) is 42.7 Å². The number of H-pyrrole nitrogens is 1. The number of benzene rings is 2. The molecule has 140 valence electrons. The van der Waals surface area contributed by atoms with Gasteiger partial charge in [0.25, 0.3) is 0 Å². The summed E-state index contributed by atoms with van der Waals surface area (Å²) in [7, 11) is 0. The third-order valence-corrected chi connectivity index (χ3v) is 4.40. The number of nitrogens with zero attached hydrogens (tertiary/aromatic N) is 1. The SMILES string of the molecule is O=C(NC1CC1)C(Nc1nc2ccccc2[nH]1)c1cccc(C(F)(F)F)c1. The fourth-order valence-electron chi connectivity index (χ4n) is 2.86. The molecule has 1 aromatic heterocycles. The van der Waals surface area contributed by atoms with Crippen LogP contribution in [-0.4, -0.2) is 21.9 Å². The summed E-state index contributed by atoms with van der Waals surface area (Å²) in [6.07, 6.45) is -2.72. The molecule has 1 aliphatic rings. The molecule has 3 N–H and O–H groups in total. The third kappa shape index (κ3) is 3.89. The minimum Gasteiger partial charge on any atom is -0.351 e. The van der Waals surface area contributed by atoms with Crippen LogP contribution in [0.25, 0.3) is 11.0 Å². The number of alkyl halides is 3. The van der Waals surface area contributed by atoms with E-state index in [-0.39, 0.29) is 17.5 Å². The maximum atomic E-state index is 13.1. The van der Waals surface area contributed by atoms with Crippen molar-refractivity contribution >= 4 is 22.9 Å². The lowest BCUT2D eigenvalue weighted by Crippen LogP contribution is -2.35. The third-order valence-electron chi connectivity index (χ3n) is 4.40. The van der Waals surface area contributed by atoms with E-state index in [2.05, 4.69) is 20.6 Å². The van der Waals surface area contributed by atoms with E-state index in [9.17, 15) is 18.0 Å². The summed E-state index contributed by atoms with van der Waals surface area (Å²) in [5, 5.41) is 5.79. The first-order chi connectivity index (χ1) is 12.9. The van der Waals surface area contributed by atoms with Gasteiger partial charge in [0.15, 0.2) is 0 Å². The Bertz CT molecular complexity index is 945. The zero-order valence-electron chi connectivity index (χ0n) is 14.2. The molecule has 1 amide bonds. The number of rotatable bonds is 5. The van der Waals surface area contributed by atoms with E-state index in [1.807, 2.05) is 18.2 Å². The van der Waals surface area contributed by atoms with Gasteiger partial charge in [0.2, 0.25) is 11.9 Å². The predicted octanol–water partition coefficient (Wildman–Crippen LogP) is 4.01. The van der Waals surface area contributed by atoms with Crippen molar-refractivity contribution in [3.63, 3.8) is 0 Å². The summed E-state index contributed by atoms with van der Waals surface area (Å²) in [6.45, 7) is 0. The minimum absolute atomic E-state index is 0.0864. The summed E-state index contributed by atoms with van der Waals surface area (Å²) in [5.41, 5.74) is 0.898. The second-order valence-electron chi connectivity index (χ2n) is 6.59. The van der Waals surface area contributed by atoms with Gasteiger partial charge >= 0.3 is 6.18 Å². The Kier molecular flexibility index (Phi) is 4.25. The molecule has 1 unspecified atom stereocenters. The van der Waals surface area contributed by atoms with Crippen molar-refractivity contribution in [1.82, 2.24) is 15.3 Å². The van der Waals surface area contributed by atoms with Crippen molar-refractivity contribution in [2.24, 2.45) is 0 Å². The van der Waals surface area contributed by atoms with E-state index >= 15 is 0 Å². The fraction of sp³-hybridized carbons (Fsp3) is 0.263. The zero-order chi connectivity index (χ0) is 19.0. The lowest BCUT2D eigenvalue weighted by Gasteiger charge is -2.19. The maximum Gasteiger partial charge on any atom is 0.416 e. The number of carbonyl (C=O) groups excluding carboxylic acids is 1. The summed E-state index contributed by atoms with van der Waals surface area (Å²) in [5.74, 6) is -0.0539. The number of amides is 1. The molecule has 1 saturated carbocycles. The van der Waals surface area contributed by atoms with Crippen molar-refractivity contribution in [3.05, 3.63) is 59.7 Å². The van der Waals surface area contributed by atoms with Gasteiger partial charge in [0, 0.05) is 6.04 Å². The van der Waals surface area contributed by atoms with Crippen LogP contribution in [0.3, 0.4) is 0 Å². The van der Waals surface area contributed by atoms with Gasteiger partial charge in [0.1, 0.15) is 6.04 Å². The van der Waals surface area contributed by atoms with Crippen LogP contribution < -0.4 is 10.6 Å². The topological polar surface area (TPSA) is 69.8 Å². The molecule has 8 heteroatoms. The lowest BCUT2D eigenvalue weighted by molar-refractivity contribution is -0.137. The van der Waals surface area contributed by atoms with Crippen LogP contribution in [0.5, 0.6) is 0 Å². The molecular weight excluding hydrogens is 357 g/mol. The standard InChI is InChI=1S/C19H17F3N4O/c20-19(21,22)12-5-3-4-11(10-12)16(17(27)23-13-8-9-13)26-18-24-14-6-1-2-7-15(14)25-18/h1-7,10,13,16H,8-9H2,(H,23,27)(H2,24,25,26). The number of nitrogens with one attached hydrogen (secondary N) is 3. The molecule has 0 saturated heterocycles. The van der Waals surface area contributed by atoms with Gasteiger partial charge in [0.05, 0.1) is 16.6 Å². The number of carbonyl (C=O) groups is 1. The number of halogens is 3. The summed E-state index contributed by atoms with van der Waals surface area (Å²) < 4.78 is 39.2. The Morgan fingerprint density at radius 1 is 1.15 bits per heavy atom. The van der Waals surface area contributed by atoms with E-state index in [0.717, 1.165) is 30.5 Å². The van der Waals surface area contributed by atoms with Crippen molar-refractivity contribution in [1.29, 1.82) is 0 Å². The molecule has 27 heavy (non-hydrogen) atoms. The molecule has 0 bridgehead atoms. The molecule has 5 nitrogen and oxygen atoms in total. The molecule has 1 heterocycles. The van der Waals surface area contributed by atoms with Gasteiger partial charge in [-0.2, -0.15) is 13.2 Å². The van der Waals surface area contributed by atoms with Gasteiger partial charge in [-0.1, -0.05) is 24.3 Å². The predicted molar refractivity (Wildman–Crippen MR) is 95.1 cm³/mol. The molecule has 1 atom stereocenters. The first-order valence-electron chi connectivity index (χ1n) is 8.59. The van der Waals surface area contributed by atoms with Gasteiger partial charge in [-0.25, -0.2) is 4.98 Å². The molecular formula is C19H17F3N4O. The van der Waals surface area contributed by atoms with Crippen LogP contribution in [0.4, 0.5) is 19.1 Å². The molecule has 0 aliphatic heterocycles. The first-order valence-corrected chi connectivity index (χ1v) is 8.59. The number of imidazole rings is 1. The minimum atomic E-state index is -4.48. The number of fused-ring (bicyclic) bond motifs is 1. The Labute approximate surface area is 153 Å². The number of anilines is 1. The Balaban J connectivity index is 1.67. The first kappa shape index (κ1) is 17.4. The number of para-hydroxylation sites is 2. The van der Waals surface area contributed by atoms with E-state index in [1.165, 1.54) is 12.1 Å². The molecule has 4 rings (SSSR count). The van der Waals surface area contributed by atoms with Crippen molar-refractivity contribution in [2.75, 3.05) is 5.32 Å². The number of hydrogen-bond acceptors (Lipinski definition) is 3. The average Bonchev–Trinajstić information content (AvgIpc) is 3.34. The summed E-state index contributed by atoms with van der Waals surface area (Å²) in [6, 6.07) is 11.2. The highest BCUT2D eigenvalue weighted by atomic mass is 19.4. The largest absolute Gasteiger partial charge is 0.416 e. The normalized spacial score (nSPS) is 15.5. The van der Waals surface area contributed by atoms with E-state index in [4.69, 9.17) is 0 Å². The molecule has 1 aliphatic carbocycles. The number of aromatic amines is 1. The quantitative estimate of drug-likeness (QED) is 0.632. The molecule has 0 radical (unpaired) electrons. The lowest BCUT2D eigenvalue weighted by atomic mass is 10.0. The number of aromatic nitrogens is 2. The maximum absolute atomic E-state index is 13.1. The monoisotopic (exact) mass is 374 g/mol. The smallest absolute Gasteiger partial charge is 0.351 e. The van der Waals surface area contributed by atoms with Crippen LogP contribution in [0.2, 0.25) is 0 Å². The molecule has 3 aromatic rings. The highest BCUT2D eigenvalue weighted by Crippen LogP contribution is 2.32. The van der Waals surface area contributed by atoms with Crippen LogP contribution >= 0.6 is 0 Å². The van der Waals surface area contributed by atoms with E-state index < -0.39 is 17.8 Å². The Morgan fingerprint density at radius 3 is 2.63 bits per heavy atom. The van der Waals surface area contributed by atoms with Crippen LogP contribution in [0.1, 0.15) is 30.0 Å². The second kappa shape index (κ2) is 6.61. The van der Waals surface area contributed by atoms with Crippen molar-refractivity contribution in [3.8, 4) is 0 Å². The highest BCUT2D eigenvalue weighted by molar-refractivity contribution is 5.87. The fourth-order valence-corrected chi connectivity index (χ4v) is 2.86. The van der Waals surface area contributed by atoms with Crippen molar-refractivity contribution in [2.45, 2.75) is 31.1 Å². The summed E-state index contributed by atoms with van der Waals surface area (Å²) in [4.78, 5) is 20.1. The zero-order valence-corrected chi connectivity index (χ0v) is 14.2. The average molecular weight is 374 g/mol. The highest BCUT2D eigenvalue weighted by Gasteiger charge is 2.33. The van der Waals surface area contributed by atoms with Crippen LogP contribution in [0.15, 0.2) is 48.5 Å². The molecule has 0 spiro atoms. The molecule has 1 fully saturated rings. The van der Waals surface area contributed by atoms with E-state index in [1.54, 1.807) is 6.07 Å². The Hall–Kier alpha value is -3.03. The Morgan fingerprint density at radius 2 is 1.93 bits per heavy atom.